The molecule has 1 aliphatic rings. The fourth-order valence-electron chi connectivity index (χ4n) is 4.32. The van der Waals surface area contributed by atoms with Crippen LogP contribution in [0.3, 0.4) is 0 Å². The number of nitrogens with zero attached hydrogens (tertiary/aromatic N) is 5. The molecule has 0 aromatic carbocycles. The average Bonchev–Trinajstić information content (AvgIpc) is 3.44. The number of carbonyl (C=O) groups is 1. The van der Waals surface area contributed by atoms with E-state index >= 15 is 0 Å². The van der Waals surface area contributed by atoms with Crippen LogP contribution in [0.5, 0.6) is 0 Å². The summed E-state index contributed by atoms with van der Waals surface area (Å²) in [6.07, 6.45) is -4.21. The van der Waals surface area contributed by atoms with E-state index in [1.54, 1.807) is 19.2 Å². The molecule has 3 heterocycles. The SMILES string of the molecule is CN(c1cccc2nc(C(F)(F)F)cn12)C1CCC(NC(=O)c2cn(C(F)F)nc2C(F)F)CC1. The number of imidazole rings is 1. The Morgan fingerprint density at radius 1 is 1.11 bits per heavy atom. The van der Waals surface area contributed by atoms with E-state index in [-0.39, 0.29) is 22.4 Å². The smallest absolute Gasteiger partial charge is 0.358 e. The Bertz CT molecular complexity index is 1200. The van der Waals surface area contributed by atoms with E-state index in [9.17, 15) is 35.5 Å². The molecule has 1 fully saturated rings. The van der Waals surface area contributed by atoms with Crippen molar-refractivity contribution in [1.29, 1.82) is 0 Å². The van der Waals surface area contributed by atoms with Crippen molar-refractivity contribution < 1.29 is 35.5 Å². The van der Waals surface area contributed by atoms with Crippen molar-refractivity contribution in [2.45, 2.75) is 56.9 Å². The highest BCUT2D eigenvalue weighted by atomic mass is 19.4. The van der Waals surface area contributed by atoms with Gasteiger partial charge >= 0.3 is 12.7 Å². The lowest BCUT2D eigenvalue weighted by molar-refractivity contribution is -0.140. The number of nitrogens with one attached hydrogen (secondary N) is 1. The molecule has 0 radical (unpaired) electrons. The van der Waals surface area contributed by atoms with Crippen molar-refractivity contribution in [3.05, 3.63) is 47.5 Å². The maximum Gasteiger partial charge on any atom is 0.434 e. The summed E-state index contributed by atoms with van der Waals surface area (Å²) >= 11 is 0. The minimum atomic E-state index is -4.58. The summed E-state index contributed by atoms with van der Waals surface area (Å²) in [7, 11) is 1.75. The Kier molecular flexibility index (Phi) is 6.64. The summed E-state index contributed by atoms with van der Waals surface area (Å²) in [4.78, 5) is 18.0. The van der Waals surface area contributed by atoms with Crippen LogP contribution in [0.4, 0.5) is 36.6 Å². The maximum atomic E-state index is 13.1. The minimum absolute atomic E-state index is 0.0170. The molecular formula is C21H21F7N6O. The van der Waals surface area contributed by atoms with Crippen LogP contribution in [-0.2, 0) is 6.18 Å². The number of amides is 1. The molecule has 14 heteroatoms. The van der Waals surface area contributed by atoms with Crippen molar-refractivity contribution >= 4 is 17.4 Å². The molecule has 0 atom stereocenters. The van der Waals surface area contributed by atoms with Crippen LogP contribution in [0.2, 0.25) is 0 Å². The van der Waals surface area contributed by atoms with E-state index in [1.807, 2.05) is 4.90 Å². The Morgan fingerprint density at radius 3 is 2.40 bits per heavy atom. The molecule has 0 aliphatic heterocycles. The van der Waals surface area contributed by atoms with Gasteiger partial charge in [-0.2, -0.15) is 27.1 Å². The van der Waals surface area contributed by atoms with Crippen LogP contribution >= 0.6 is 0 Å². The first-order chi connectivity index (χ1) is 16.5. The van der Waals surface area contributed by atoms with Crippen LogP contribution in [0.25, 0.3) is 5.65 Å². The van der Waals surface area contributed by atoms with Crippen LogP contribution < -0.4 is 10.2 Å². The van der Waals surface area contributed by atoms with E-state index in [0.29, 0.717) is 37.7 Å². The summed E-state index contributed by atoms with van der Waals surface area (Å²) in [5, 5.41) is 5.71. The number of aromatic nitrogens is 4. The molecule has 1 aliphatic carbocycles. The molecule has 1 saturated carbocycles. The largest absolute Gasteiger partial charge is 0.434 e. The Morgan fingerprint density at radius 2 is 1.80 bits per heavy atom. The summed E-state index contributed by atoms with van der Waals surface area (Å²) < 4.78 is 92.6. The van der Waals surface area contributed by atoms with Crippen molar-refractivity contribution in [2.75, 3.05) is 11.9 Å². The Hall–Kier alpha value is -3.32. The van der Waals surface area contributed by atoms with Gasteiger partial charge in [-0.1, -0.05) is 6.07 Å². The molecule has 0 spiro atoms. The fraction of sp³-hybridized carbons (Fsp3) is 0.476. The second-order valence-corrected chi connectivity index (χ2v) is 8.31. The number of rotatable bonds is 6. The average molecular weight is 506 g/mol. The van der Waals surface area contributed by atoms with Gasteiger partial charge in [-0.15, -0.1) is 0 Å². The van der Waals surface area contributed by atoms with Crippen molar-refractivity contribution in [3.63, 3.8) is 0 Å². The standard InChI is InChI=1S/C21H21F7N6O/c1-32(16-4-2-3-15-30-14(10-33(15)16)21(26,27)28)12-7-5-11(6-8-12)29-19(35)13-9-34(20(24)25)31-17(13)18(22)23/h2-4,9-12,18,20H,5-8H2,1H3,(H,29,35). The lowest BCUT2D eigenvalue weighted by atomic mass is 9.90. The van der Waals surface area contributed by atoms with Crippen LogP contribution in [-0.4, -0.2) is 44.2 Å². The lowest BCUT2D eigenvalue weighted by Gasteiger charge is -2.36. The van der Waals surface area contributed by atoms with Crippen molar-refractivity contribution in [3.8, 4) is 0 Å². The number of fused-ring (bicyclic) bond motifs is 1. The monoisotopic (exact) mass is 506 g/mol. The van der Waals surface area contributed by atoms with Gasteiger partial charge < -0.3 is 10.2 Å². The first-order valence-electron chi connectivity index (χ1n) is 10.7. The molecule has 0 unspecified atom stereocenters. The number of alkyl halides is 7. The maximum absolute atomic E-state index is 13.1. The predicted molar refractivity (Wildman–Crippen MR) is 111 cm³/mol. The molecule has 0 saturated heterocycles. The van der Waals surface area contributed by atoms with E-state index < -0.39 is 42.0 Å². The second-order valence-electron chi connectivity index (χ2n) is 8.31. The normalized spacial score (nSPS) is 19.0. The van der Waals surface area contributed by atoms with Gasteiger partial charge in [0.2, 0.25) is 0 Å². The quantitative estimate of drug-likeness (QED) is 0.475. The molecule has 3 aromatic heterocycles. The van der Waals surface area contributed by atoms with Gasteiger partial charge in [-0.25, -0.2) is 18.4 Å². The van der Waals surface area contributed by atoms with E-state index in [4.69, 9.17) is 0 Å². The highest BCUT2D eigenvalue weighted by Crippen LogP contribution is 2.32. The van der Waals surface area contributed by atoms with Crippen LogP contribution in [0, 0.1) is 0 Å². The second kappa shape index (κ2) is 9.38. The third-order valence-electron chi connectivity index (χ3n) is 6.11. The summed E-state index contributed by atoms with van der Waals surface area (Å²) in [5.41, 5.74) is -2.46. The third kappa shape index (κ3) is 5.05. The van der Waals surface area contributed by atoms with Crippen molar-refractivity contribution in [1.82, 2.24) is 24.5 Å². The molecule has 190 valence electrons. The van der Waals surface area contributed by atoms with E-state index in [1.165, 1.54) is 10.5 Å². The highest BCUT2D eigenvalue weighted by Gasteiger charge is 2.35. The van der Waals surface area contributed by atoms with Crippen LogP contribution in [0.15, 0.2) is 30.6 Å². The van der Waals surface area contributed by atoms with Gasteiger partial charge in [-0.3, -0.25) is 9.20 Å². The number of hydrogen-bond acceptors (Lipinski definition) is 4. The van der Waals surface area contributed by atoms with Gasteiger partial charge in [-0.05, 0) is 37.8 Å². The van der Waals surface area contributed by atoms with Gasteiger partial charge in [0.15, 0.2) is 5.69 Å². The molecule has 0 bridgehead atoms. The van der Waals surface area contributed by atoms with Gasteiger partial charge in [0.05, 0.1) is 5.56 Å². The molecule has 1 N–H and O–H groups in total. The molecule has 4 rings (SSSR count). The first-order valence-corrected chi connectivity index (χ1v) is 10.7. The summed E-state index contributed by atoms with van der Waals surface area (Å²) in [5.74, 6) is -0.397. The molecule has 1 amide bonds. The number of hydrogen-bond donors (Lipinski definition) is 1. The first kappa shape index (κ1) is 24.8. The predicted octanol–water partition coefficient (Wildman–Crippen LogP) is 5.06. The number of halogens is 7. The minimum Gasteiger partial charge on any atom is -0.358 e. The zero-order valence-electron chi connectivity index (χ0n) is 18.3. The fourth-order valence-corrected chi connectivity index (χ4v) is 4.32. The zero-order chi connectivity index (χ0) is 25.5. The van der Waals surface area contributed by atoms with E-state index in [2.05, 4.69) is 15.4 Å². The zero-order valence-corrected chi connectivity index (χ0v) is 18.3. The van der Waals surface area contributed by atoms with Gasteiger partial charge in [0.1, 0.15) is 17.2 Å². The van der Waals surface area contributed by atoms with Gasteiger partial charge in [0, 0.05) is 31.5 Å². The molecule has 35 heavy (non-hydrogen) atoms. The summed E-state index contributed by atoms with van der Waals surface area (Å²) in [6, 6.07) is 4.32. The number of anilines is 1. The molecular weight excluding hydrogens is 485 g/mol. The highest BCUT2D eigenvalue weighted by molar-refractivity contribution is 5.95. The van der Waals surface area contributed by atoms with Crippen molar-refractivity contribution in [2.24, 2.45) is 0 Å². The topological polar surface area (TPSA) is 67.5 Å². The molecule has 3 aromatic rings. The van der Waals surface area contributed by atoms with E-state index in [0.717, 1.165) is 6.20 Å². The molecule has 7 nitrogen and oxygen atoms in total. The van der Waals surface area contributed by atoms with Gasteiger partial charge in [0.25, 0.3) is 12.3 Å². The third-order valence-corrected chi connectivity index (χ3v) is 6.11. The van der Waals surface area contributed by atoms with Crippen LogP contribution in [0.1, 0.15) is 60.4 Å². The Balaban J connectivity index is 1.42. The summed E-state index contributed by atoms with van der Waals surface area (Å²) in [6.45, 7) is -3.16. The lowest BCUT2D eigenvalue weighted by Crippen LogP contribution is -2.43. The Labute approximate surface area is 194 Å². The number of carbonyl (C=O) groups excluding carboxylic acids is 1. The number of pyridine rings is 1.